The van der Waals surface area contributed by atoms with Gasteiger partial charge in [-0.05, 0) is 24.8 Å². The fourth-order valence-electron chi connectivity index (χ4n) is 2.92. The van der Waals surface area contributed by atoms with Crippen molar-refractivity contribution in [1.82, 2.24) is 28.4 Å². The van der Waals surface area contributed by atoms with E-state index in [0.29, 0.717) is 13.1 Å². The van der Waals surface area contributed by atoms with Gasteiger partial charge < -0.3 is 0 Å². The molecule has 9 heteroatoms. The van der Waals surface area contributed by atoms with Crippen molar-refractivity contribution < 1.29 is 8.42 Å². The molecule has 0 spiro atoms. The third-order valence-electron chi connectivity index (χ3n) is 4.32. The summed E-state index contributed by atoms with van der Waals surface area (Å²) in [6.45, 7) is 1.09. The van der Waals surface area contributed by atoms with Gasteiger partial charge in [0.15, 0.2) is 0 Å². The van der Waals surface area contributed by atoms with Crippen molar-refractivity contribution in [3.8, 4) is 11.4 Å². The Bertz CT molecular complexity index is 800. The van der Waals surface area contributed by atoms with E-state index in [1.807, 2.05) is 13.1 Å². The van der Waals surface area contributed by atoms with E-state index in [9.17, 15) is 8.42 Å². The van der Waals surface area contributed by atoms with E-state index < -0.39 is 10.2 Å². The van der Waals surface area contributed by atoms with E-state index in [4.69, 9.17) is 0 Å². The minimum Gasteiger partial charge on any atom is -0.266 e. The Labute approximate surface area is 142 Å². The monoisotopic (exact) mass is 350 g/mol. The van der Waals surface area contributed by atoms with E-state index in [1.165, 1.54) is 8.61 Å². The van der Waals surface area contributed by atoms with Crippen molar-refractivity contribution in [3.63, 3.8) is 0 Å². The van der Waals surface area contributed by atoms with Crippen molar-refractivity contribution in [2.24, 2.45) is 13.0 Å². The first-order valence-electron chi connectivity index (χ1n) is 7.85. The first-order valence-corrected chi connectivity index (χ1v) is 9.24. The Morgan fingerprint density at radius 3 is 2.67 bits per heavy atom. The van der Waals surface area contributed by atoms with Crippen LogP contribution in [0.5, 0.6) is 0 Å². The van der Waals surface area contributed by atoms with Crippen LogP contribution in [0.2, 0.25) is 0 Å². The van der Waals surface area contributed by atoms with E-state index in [1.54, 1.807) is 37.4 Å². The molecule has 0 bridgehead atoms. The van der Waals surface area contributed by atoms with Gasteiger partial charge in [0, 0.05) is 46.6 Å². The molecule has 1 fully saturated rings. The number of hydrogen-bond donors (Lipinski definition) is 0. The van der Waals surface area contributed by atoms with Crippen LogP contribution in [0.1, 0.15) is 12.1 Å². The summed E-state index contributed by atoms with van der Waals surface area (Å²) in [5, 5.41) is 4.13. The van der Waals surface area contributed by atoms with Crippen molar-refractivity contribution >= 4 is 10.2 Å². The molecule has 2 aromatic rings. The lowest BCUT2D eigenvalue weighted by Gasteiger charge is -2.20. The van der Waals surface area contributed by atoms with Crippen molar-refractivity contribution in [2.45, 2.75) is 12.8 Å². The second kappa shape index (κ2) is 6.58. The first-order chi connectivity index (χ1) is 11.4. The second-order valence-corrected chi connectivity index (χ2v) is 8.38. The predicted octanol–water partition coefficient (Wildman–Crippen LogP) is 0.548. The lowest BCUT2D eigenvalue weighted by atomic mass is 10.0. The van der Waals surface area contributed by atoms with Gasteiger partial charge in [-0.2, -0.15) is 22.1 Å². The Kier molecular flexibility index (Phi) is 4.66. The lowest BCUT2D eigenvalue weighted by Crippen LogP contribution is -2.38. The Morgan fingerprint density at radius 2 is 2.08 bits per heavy atom. The highest BCUT2D eigenvalue weighted by Crippen LogP contribution is 2.23. The Morgan fingerprint density at radius 1 is 1.29 bits per heavy atom. The van der Waals surface area contributed by atoms with E-state index in [2.05, 4.69) is 15.1 Å². The van der Waals surface area contributed by atoms with Crippen LogP contribution in [0.15, 0.2) is 24.7 Å². The molecule has 0 N–H and O–H groups in total. The minimum absolute atomic E-state index is 0.275. The minimum atomic E-state index is -3.32. The molecule has 130 valence electrons. The first kappa shape index (κ1) is 17.0. The van der Waals surface area contributed by atoms with Crippen molar-refractivity contribution in [3.05, 3.63) is 30.4 Å². The summed E-state index contributed by atoms with van der Waals surface area (Å²) in [5.41, 5.74) is 2.58. The van der Waals surface area contributed by atoms with E-state index in [-0.39, 0.29) is 5.92 Å². The summed E-state index contributed by atoms with van der Waals surface area (Å²) >= 11 is 0. The summed E-state index contributed by atoms with van der Waals surface area (Å²) in [5.74, 6) is 0.275. The number of rotatable bonds is 5. The highest BCUT2D eigenvalue weighted by Gasteiger charge is 2.32. The normalized spacial score (nSPS) is 19.2. The third kappa shape index (κ3) is 3.33. The lowest BCUT2D eigenvalue weighted by molar-refractivity contribution is 0.409. The zero-order chi connectivity index (χ0) is 17.3. The molecule has 0 radical (unpaired) electrons. The molecule has 1 aliphatic rings. The van der Waals surface area contributed by atoms with Gasteiger partial charge in [-0.3, -0.25) is 14.6 Å². The molecule has 1 atom stereocenters. The SMILES string of the molecule is CN(C)S(=O)(=O)N1CC[C@H](Cc2cnc(-c3ccnn3C)cn2)C1. The molecule has 0 amide bonds. The van der Waals surface area contributed by atoms with Gasteiger partial charge in [0.05, 0.1) is 17.6 Å². The van der Waals surface area contributed by atoms with Crippen LogP contribution >= 0.6 is 0 Å². The molecular weight excluding hydrogens is 328 g/mol. The number of aromatic nitrogens is 4. The average Bonchev–Trinajstić information content (AvgIpc) is 3.17. The third-order valence-corrected chi connectivity index (χ3v) is 6.23. The molecule has 0 aromatic carbocycles. The summed E-state index contributed by atoms with van der Waals surface area (Å²) in [6.07, 6.45) is 6.82. The highest BCUT2D eigenvalue weighted by atomic mass is 32.2. The largest absolute Gasteiger partial charge is 0.281 e. The summed E-state index contributed by atoms with van der Waals surface area (Å²) < 4.78 is 28.9. The molecule has 2 aromatic heterocycles. The van der Waals surface area contributed by atoms with Crippen LogP contribution in [0, 0.1) is 5.92 Å². The molecule has 1 aliphatic heterocycles. The molecule has 24 heavy (non-hydrogen) atoms. The van der Waals surface area contributed by atoms with Gasteiger partial charge in [0.1, 0.15) is 5.69 Å². The van der Waals surface area contributed by atoms with Gasteiger partial charge in [0.25, 0.3) is 10.2 Å². The van der Waals surface area contributed by atoms with E-state index >= 15 is 0 Å². The summed E-state index contributed by atoms with van der Waals surface area (Å²) in [7, 11) is 1.66. The maximum atomic E-state index is 12.2. The van der Waals surface area contributed by atoms with Crippen LogP contribution in [0.3, 0.4) is 0 Å². The molecule has 0 saturated carbocycles. The molecule has 8 nitrogen and oxygen atoms in total. The second-order valence-electron chi connectivity index (χ2n) is 6.24. The smallest absolute Gasteiger partial charge is 0.266 e. The molecular formula is C15H22N6O2S. The van der Waals surface area contributed by atoms with Gasteiger partial charge in [-0.1, -0.05) is 0 Å². The molecule has 3 heterocycles. The summed E-state index contributed by atoms with van der Waals surface area (Å²) in [4.78, 5) is 8.94. The van der Waals surface area contributed by atoms with Crippen LogP contribution in [0.4, 0.5) is 0 Å². The Hall–Kier alpha value is -1.84. The van der Waals surface area contributed by atoms with Gasteiger partial charge in [0.2, 0.25) is 0 Å². The van der Waals surface area contributed by atoms with Crippen LogP contribution in [-0.4, -0.2) is 64.0 Å². The average molecular weight is 350 g/mol. The fourth-order valence-corrected chi connectivity index (χ4v) is 4.11. The van der Waals surface area contributed by atoms with Gasteiger partial charge in [-0.15, -0.1) is 0 Å². The molecule has 3 rings (SSSR count). The van der Waals surface area contributed by atoms with Crippen molar-refractivity contribution in [2.75, 3.05) is 27.2 Å². The van der Waals surface area contributed by atoms with Crippen molar-refractivity contribution in [1.29, 1.82) is 0 Å². The number of nitrogens with zero attached hydrogens (tertiary/aromatic N) is 6. The van der Waals surface area contributed by atoms with Crippen LogP contribution < -0.4 is 0 Å². The number of aryl methyl sites for hydroxylation is 1. The van der Waals surface area contributed by atoms with Crippen LogP contribution in [0.25, 0.3) is 11.4 Å². The maximum absolute atomic E-state index is 12.2. The number of hydrogen-bond acceptors (Lipinski definition) is 5. The van der Waals surface area contributed by atoms with Gasteiger partial charge >= 0.3 is 0 Å². The zero-order valence-electron chi connectivity index (χ0n) is 14.1. The maximum Gasteiger partial charge on any atom is 0.281 e. The predicted molar refractivity (Wildman–Crippen MR) is 90.2 cm³/mol. The summed E-state index contributed by atoms with van der Waals surface area (Å²) in [6, 6.07) is 1.89. The standard InChI is InChI=1S/C15H22N6O2S/c1-19(2)24(22,23)21-7-5-12(11-21)8-13-9-17-14(10-16-13)15-4-6-18-20(15)3/h4,6,9-10,12H,5,7-8,11H2,1-3H3/t12-/m1/s1. The Balaban J connectivity index is 1.65. The molecule has 0 unspecified atom stereocenters. The molecule has 0 aliphatic carbocycles. The quantitative estimate of drug-likeness (QED) is 0.786. The van der Waals surface area contributed by atoms with E-state index in [0.717, 1.165) is 29.9 Å². The fraction of sp³-hybridized carbons (Fsp3) is 0.533. The molecule has 1 saturated heterocycles. The zero-order valence-corrected chi connectivity index (χ0v) is 14.9. The topological polar surface area (TPSA) is 84.2 Å². The highest BCUT2D eigenvalue weighted by molar-refractivity contribution is 7.86. The van der Waals surface area contributed by atoms with Gasteiger partial charge in [-0.25, -0.2) is 0 Å². The van der Waals surface area contributed by atoms with Crippen LogP contribution in [-0.2, 0) is 23.7 Å².